The normalized spacial score (nSPS) is 11.7. The van der Waals surface area contributed by atoms with Crippen LogP contribution in [0.25, 0.3) is 15.2 Å². The molecule has 3 nitrogen and oxygen atoms in total. The monoisotopic (exact) mass is 277 g/mol. The van der Waals surface area contributed by atoms with Crippen LogP contribution in [0.5, 0.6) is 0 Å². The van der Waals surface area contributed by atoms with Gasteiger partial charge in [-0.2, -0.15) is 0 Å². The zero-order chi connectivity index (χ0) is 10.6. The smallest absolute Gasteiger partial charge is 0.217 e. The summed E-state index contributed by atoms with van der Waals surface area (Å²) in [6, 6.07) is 1.64. The number of fused-ring (bicyclic) bond motifs is 3. The van der Waals surface area contributed by atoms with Crippen LogP contribution in [-0.4, -0.2) is 14.6 Å². The maximum atomic E-state index is 6.11. The molecule has 0 aliphatic rings. The Morgan fingerprint density at radius 1 is 1.20 bits per heavy atom. The number of thiazole rings is 1. The Balaban J connectivity index is 2.67. The summed E-state index contributed by atoms with van der Waals surface area (Å²) in [4.78, 5) is 0.746. The number of hydrogen-bond acceptors (Lipinski definition) is 3. The minimum Gasteiger partial charge on any atom is -0.270 e. The van der Waals surface area contributed by atoms with Gasteiger partial charge in [-0.3, -0.25) is 4.40 Å². The fourth-order valence-corrected chi connectivity index (χ4v) is 3.24. The highest BCUT2D eigenvalue weighted by molar-refractivity contribution is 7.24. The van der Waals surface area contributed by atoms with E-state index in [-0.39, 0.29) is 0 Å². The van der Waals surface area contributed by atoms with E-state index in [0.29, 0.717) is 15.1 Å². The van der Waals surface area contributed by atoms with Gasteiger partial charge in [0.2, 0.25) is 4.96 Å². The Morgan fingerprint density at radius 3 is 2.80 bits per heavy atom. The van der Waals surface area contributed by atoms with E-state index in [9.17, 15) is 0 Å². The van der Waals surface area contributed by atoms with Crippen molar-refractivity contribution in [1.82, 2.24) is 14.6 Å². The highest BCUT2D eigenvalue weighted by Crippen LogP contribution is 2.39. The third-order valence-corrected chi connectivity index (χ3v) is 4.32. The fourth-order valence-electron chi connectivity index (χ4n) is 1.42. The molecule has 0 aliphatic heterocycles. The standard InChI is InChI=1S/C8H2Cl3N3S/c9-3-1-4(10)7-6(5(3)11)14-2-12-13-8(14)15-7/h1-2H. The molecule has 0 fully saturated rings. The molecular weight excluding hydrogens is 277 g/mol. The molecule has 1 aromatic carbocycles. The molecule has 2 heterocycles. The Kier molecular flexibility index (Phi) is 2.07. The van der Waals surface area contributed by atoms with Gasteiger partial charge in [-0.1, -0.05) is 46.1 Å². The van der Waals surface area contributed by atoms with Crippen LogP contribution in [0.1, 0.15) is 0 Å². The molecule has 0 amide bonds. The summed E-state index contributed by atoms with van der Waals surface area (Å²) in [6.45, 7) is 0. The van der Waals surface area contributed by atoms with E-state index in [1.54, 1.807) is 16.8 Å². The van der Waals surface area contributed by atoms with Gasteiger partial charge in [-0.25, -0.2) is 0 Å². The lowest BCUT2D eigenvalue weighted by molar-refractivity contribution is 1.11. The summed E-state index contributed by atoms with van der Waals surface area (Å²) in [6.07, 6.45) is 1.59. The lowest BCUT2D eigenvalue weighted by Gasteiger charge is -1.99. The summed E-state index contributed by atoms with van der Waals surface area (Å²) < 4.78 is 2.65. The maximum Gasteiger partial charge on any atom is 0.217 e. The van der Waals surface area contributed by atoms with Crippen LogP contribution < -0.4 is 0 Å². The van der Waals surface area contributed by atoms with E-state index in [1.807, 2.05) is 0 Å². The highest BCUT2D eigenvalue weighted by Gasteiger charge is 2.15. The lowest BCUT2D eigenvalue weighted by atomic mass is 10.3. The molecule has 7 heteroatoms. The zero-order valence-electron chi connectivity index (χ0n) is 7.04. The molecule has 0 radical (unpaired) electrons. The molecule has 0 spiro atoms. The minimum atomic E-state index is 0.433. The van der Waals surface area contributed by atoms with Crippen LogP contribution in [0.4, 0.5) is 0 Å². The molecule has 76 valence electrons. The minimum absolute atomic E-state index is 0.433. The molecular formula is C8H2Cl3N3S. The van der Waals surface area contributed by atoms with Crippen molar-refractivity contribution in [1.29, 1.82) is 0 Å². The summed E-state index contributed by atoms with van der Waals surface area (Å²) >= 11 is 19.6. The number of nitrogens with zero attached hydrogens (tertiary/aromatic N) is 3. The molecule has 0 aliphatic carbocycles. The van der Waals surface area contributed by atoms with Crippen LogP contribution in [0.15, 0.2) is 12.4 Å². The molecule has 0 bridgehead atoms. The van der Waals surface area contributed by atoms with Crippen molar-refractivity contribution in [2.75, 3.05) is 0 Å². The molecule has 15 heavy (non-hydrogen) atoms. The summed E-state index contributed by atoms with van der Waals surface area (Å²) in [7, 11) is 0. The number of hydrogen-bond donors (Lipinski definition) is 0. The van der Waals surface area contributed by atoms with Crippen molar-refractivity contribution >= 4 is 61.3 Å². The van der Waals surface area contributed by atoms with Gasteiger partial charge < -0.3 is 0 Å². The van der Waals surface area contributed by atoms with Crippen molar-refractivity contribution in [2.45, 2.75) is 0 Å². The van der Waals surface area contributed by atoms with Gasteiger partial charge in [0.25, 0.3) is 0 Å². The van der Waals surface area contributed by atoms with Crippen molar-refractivity contribution in [3.8, 4) is 0 Å². The first-order valence-corrected chi connectivity index (χ1v) is 5.89. The third kappa shape index (κ3) is 1.26. The van der Waals surface area contributed by atoms with E-state index in [1.165, 1.54) is 11.3 Å². The predicted molar refractivity (Wildman–Crippen MR) is 63.4 cm³/mol. The molecule has 3 aromatic rings. The lowest BCUT2D eigenvalue weighted by Crippen LogP contribution is -1.80. The molecule has 3 rings (SSSR count). The third-order valence-electron chi connectivity index (χ3n) is 2.05. The van der Waals surface area contributed by atoms with Gasteiger partial charge >= 0.3 is 0 Å². The van der Waals surface area contributed by atoms with Crippen LogP contribution in [0.2, 0.25) is 15.1 Å². The summed E-state index contributed by atoms with van der Waals surface area (Å²) in [5.74, 6) is 0. The molecule has 0 N–H and O–H groups in total. The van der Waals surface area contributed by atoms with Gasteiger partial charge in [-0.05, 0) is 6.07 Å². The second-order valence-corrected chi connectivity index (χ2v) is 5.09. The van der Waals surface area contributed by atoms with Crippen molar-refractivity contribution in [3.05, 3.63) is 27.5 Å². The van der Waals surface area contributed by atoms with E-state index in [0.717, 1.165) is 15.2 Å². The van der Waals surface area contributed by atoms with Gasteiger partial charge in [0.1, 0.15) is 6.33 Å². The van der Waals surface area contributed by atoms with Crippen molar-refractivity contribution in [2.24, 2.45) is 0 Å². The average molecular weight is 279 g/mol. The second-order valence-electron chi connectivity index (χ2n) is 2.92. The first-order chi connectivity index (χ1) is 7.18. The number of rotatable bonds is 0. The Morgan fingerprint density at radius 2 is 2.00 bits per heavy atom. The number of aromatic nitrogens is 3. The second kappa shape index (κ2) is 3.22. The van der Waals surface area contributed by atoms with Crippen LogP contribution >= 0.6 is 46.1 Å². The molecule has 2 aromatic heterocycles. The van der Waals surface area contributed by atoms with Crippen molar-refractivity contribution in [3.63, 3.8) is 0 Å². The van der Waals surface area contributed by atoms with Crippen LogP contribution in [-0.2, 0) is 0 Å². The average Bonchev–Trinajstić information content (AvgIpc) is 2.72. The number of benzene rings is 1. The van der Waals surface area contributed by atoms with E-state index < -0.39 is 0 Å². The maximum absolute atomic E-state index is 6.11. The first kappa shape index (κ1) is 9.66. The fraction of sp³-hybridized carbons (Fsp3) is 0. The van der Waals surface area contributed by atoms with Crippen LogP contribution in [0.3, 0.4) is 0 Å². The Bertz CT molecular complexity index is 672. The van der Waals surface area contributed by atoms with Gasteiger partial charge in [-0.15, -0.1) is 10.2 Å². The zero-order valence-corrected chi connectivity index (χ0v) is 10.1. The molecule has 0 atom stereocenters. The first-order valence-electron chi connectivity index (χ1n) is 3.94. The van der Waals surface area contributed by atoms with Crippen LogP contribution in [0, 0.1) is 0 Å². The van der Waals surface area contributed by atoms with E-state index in [4.69, 9.17) is 34.8 Å². The largest absolute Gasteiger partial charge is 0.270 e. The van der Waals surface area contributed by atoms with E-state index in [2.05, 4.69) is 10.2 Å². The molecule has 0 unspecified atom stereocenters. The number of halogens is 3. The molecule has 0 saturated heterocycles. The van der Waals surface area contributed by atoms with E-state index >= 15 is 0 Å². The van der Waals surface area contributed by atoms with Crippen molar-refractivity contribution < 1.29 is 0 Å². The highest BCUT2D eigenvalue weighted by atomic mass is 35.5. The SMILES string of the molecule is Clc1cc(Cl)c2sc3nncn3c2c1Cl. The predicted octanol–water partition coefficient (Wildman–Crippen LogP) is 3.90. The Hall–Kier alpha value is -0.550. The topological polar surface area (TPSA) is 30.2 Å². The van der Waals surface area contributed by atoms with Gasteiger partial charge in [0, 0.05) is 0 Å². The quantitative estimate of drug-likeness (QED) is 0.584. The molecule has 0 saturated carbocycles. The van der Waals surface area contributed by atoms with Gasteiger partial charge in [0.05, 0.1) is 25.3 Å². The summed E-state index contributed by atoms with van der Waals surface area (Å²) in [5, 5.41) is 9.22. The Labute approximate surface area is 103 Å². The van der Waals surface area contributed by atoms with Gasteiger partial charge in [0.15, 0.2) is 0 Å². The summed E-state index contributed by atoms with van der Waals surface area (Å²) in [5.41, 5.74) is 0.763.